The molecule has 0 radical (unpaired) electrons. The van der Waals surface area contributed by atoms with Crippen LogP contribution in [0.15, 0.2) is 19.0 Å². The number of fused-ring (bicyclic) bond motifs is 5. The summed E-state index contributed by atoms with van der Waals surface area (Å²) in [5.41, 5.74) is 17.8. The number of phosphoric ester groups is 1. The van der Waals surface area contributed by atoms with E-state index in [1.165, 1.54) is 10.9 Å². The molecule has 3 fully saturated rings. The Hall–Kier alpha value is -3.47. The predicted molar refractivity (Wildman–Crippen MR) is 149 cm³/mol. The van der Waals surface area contributed by atoms with Crippen molar-refractivity contribution in [1.29, 1.82) is 0 Å². The lowest BCUT2D eigenvalue weighted by Crippen LogP contribution is -2.37. The molecule has 4 aromatic rings. The molecule has 22 nitrogen and oxygen atoms in total. The van der Waals surface area contributed by atoms with E-state index >= 15 is 4.39 Å². The van der Waals surface area contributed by atoms with Crippen LogP contribution < -0.4 is 17.2 Å². The lowest BCUT2D eigenvalue weighted by atomic mass is 10.1. The highest BCUT2D eigenvalue weighted by molar-refractivity contribution is 7.52. The van der Waals surface area contributed by atoms with Gasteiger partial charge in [0.2, 0.25) is 5.95 Å². The molecule has 0 amide bonds. The average Bonchev–Trinajstić information content (AvgIpc) is 3.75. The number of alkyl halides is 1. The number of halogens is 1. The van der Waals surface area contributed by atoms with E-state index in [1.54, 1.807) is 0 Å². The summed E-state index contributed by atoms with van der Waals surface area (Å²) in [6, 6.07) is 0. The fourth-order valence-corrected chi connectivity index (χ4v) is 7.15. The fourth-order valence-electron chi connectivity index (χ4n) is 5.40. The molecule has 0 saturated carbocycles. The van der Waals surface area contributed by atoms with E-state index in [1.807, 2.05) is 0 Å². The number of aromatic nitrogens is 8. The van der Waals surface area contributed by atoms with Crippen LogP contribution in [0.2, 0.25) is 0 Å². The van der Waals surface area contributed by atoms with Crippen molar-refractivity contribution < 1.29 is 56.2 Å². The van der Waals surface area contributed by atoms with Crippen molar-refractivity contribution in [2.24, 2.45) is 0 Å². The molecule has 3 saturated heterocycles. The van der Waals surface area contributed by atoms with E-state index < -0.39 is 84.1 Å². The first-order valence-corrected chi connectivity index (χ1v) is 16.6. The summed E-state index contributed by atoms with van der Waals surface area (Å²) >= 11 is 0. The molecule has 248 valence electrons. The predicted octanol–water partition coefficient (Wildman–Crippen LogP) is -1.03. The van der Waals surface area contributed by atoms with E-state index in [0.29, 0.717) is 0 Å². The van der Waals surface area contributed by atoms with Crippen LogP contribution in [-0.2, 0) is 36.9 Å². The van der Waals surface area contributed by atoms with Crippen molar-refractivity contribution in [2.75, 3.05) is 36.8 Å². The second-order valence-electron chi connectivity index (χ2n) is 10.5. The third-order valence-electron chi connectivity index (χ3n) is 7.51. The Bertz CT molecular complexity index is 1900. The molecule has 25 heteroatoms. The summed E-state index contributed by atoms with van der Waals surface area (Å²) in [5, 5.41) is 11.0. The summed E-state index contributed by atoms with van der Waals surface area (Å²) in [6.45, 7) is -1.54. The molecule has 2 bridgehead atoms. The van der Waals surface area contributed by atoms with Crippen LogP contribution in [-0.4, -0.2) is 110 Å². The number of imidazole rings is 2. The number of nitrogens with two attached hydrogens (primary N) is 3. The largest absolute Gasteiger partial charge is 0.472 e. The molecule has 7 heterocycles. The zero-order valence-corrected chi connectivity index (χ0v) is 25.0. The molecule has 2 unspecified atom stereocenters. The van der Waals surface area contributed by atoms with Crippen molar-refractivity contribution in [3.63, 3.8) is 0 Å². The number of anilines is 3. The summed E-state index contributed by atoms with van der Waals surface area (Å²) in [5.74, 6) is -0.287. The van der Waals surface area contributed by atoms with Gasteiger partial charge in [-0.2, -0.15) is 9.97 Å². The molecule has 4 aromatic heterocycles. The van der Waals surface area contributed by atoms with Gasteiger partial charge in [0.1, 0.15) is 54.2 Å². The molecule has 10 atom stereocenters. The molecular formula is C21H26FN11O11P2. The van der Waals surface area contributed by atoms with Crippen molar-refractivity contribution >= 4 is 55.3 Å². The molecule has 0 aliphatic carbocycles. The number of hydrogen-bond acceptors (Lipinski definition) is 18. The van der Waals surface area contributed by atoms with Gasteiger partial charge in [0, 0.05) is 0 Å². The Morgan fingerprint density at radius 2 is 1.52 bits per heavy atom. The first kappa shape index (κ1) is 31.1. The first-order chi connectivity index (χ1) is 21.8. The fraction of sp³-hybridized carbons (Fsp3) is 0.524. The van der Waals surface area contributed by atoms with Gasteiger partial charge in [-0.25, -0.2) is 28.9 Å². The second-order valence-corrected chi connectivity index (χ2v) is 13.7. The molecular weight excluding hydrogens is 663 g/mol. The van der Waals surface area contributed by atoms with Gasteiger partial charge in [-0.15, -0.1) is 0 Å². The van der Waals surface area contributed by atoms with E-state index in [-0.39, 0.29) is 39.9 Å². The highest BCUT2D eigenvalue weighted by Gasteiger charge is 2.53. The number of nitrogen functional groups attached to an aromatic ring is 3. The van der Waals surface area contributed by atoms with E-state index in [2.05, 4.69) is 29.9 Å². The SMILES string of the molecule is Nc1nc(N)c2ncn([C@@H]3O[C@@H]4COP(=O)(O)O[C@@H]5[C@H](O)[C@@H](COP(=O)(O)CO[C@H]4[C@H]3F)O[C@H]5n3cnc4c(N)ncnc43)c2n1. The van der Waals surface area contributed by atoms with Crippen LogP contribution in [0, 0.1) is 0 Å². The van der Waals surface area contributed by atoms with E-state index in [9.17, 15) is 24.0 Å². The molecule has 3 aliphatic heterocycles. The number of nitrogens with zero attached hydrogens (tertiary/aromatic N) is 8. The minimum atomic E-state index is -5.09. The normalized spacial score (nSPS) is 37.4. The smallest absolute Gasteiger partial charge is 0.387 e. The summed E-state index contributed by atoms with van der Waals surface area (Å²) in [6.07, 6.45) is -10.4. The topological polar surface area (TPSA) is 315 Å². The Labute approximate surface area is 255 Å². The maximum absolute atomic E-state index is 16.0. The van der Waals surface area contributed by atoms with Gasteiger partial charge in [0.25, 0.3) is 0 Å². The third-order valence-corrected chi connectivity index (χ3v) is 9.52. The molecule has 7 rings (SSSR count). The lowest BCUT2D eigenvalue weighted by Gasteiger charge is -2.26. The van der Waals surface area contributed by atoms with Crippen LogP contribution in [0.1, 0.15) is 12.5 Å². The third kappa shape index (κ3) is 5.48. The van der Waals surface area contributed by atoms with Crippen molar-refractivity contribution in [3.05, 3.63) is 19.0 Å². The van der Waals surface area contributed by atoms with Crippen LogP contribution in [0.25, 0.3) is 22.3 Å². The maximum Gasteiger partial charge on any atom is 0.472 e. The monoisotopic (exact) mass is 689 g/mol. The summed E-state index contributed by atoms with van der Waals surface area (Å²) in [7, 11) is -9.72. The lowest BCUT2D eigenvalue weighted by molar-refractivity contribution is -0.0631. The summed E-state index contributed by atoms with van der Waals surface area (Å²) < 4.78 is 77.3. The Balaban J connectivity index is 1.20. The quantitative estimate of drug-likeness (QED) is 0.137. The van der Waals surface area contributed by atoms with Gasteiger partial charge < -0.3 is 50.8 Å². The molecule has 0 aromatic carbocycles. The van der Waals surface area contributed by atoms with Crippen LogP contribution in [0.5, 0.6) is 0 Å². The average molecular weight is 689 g/mol. The minimum Gasteiger partial charge on any atom is -0.387 e. The zero-order valence-electron chi connectivity index (χ0n) is 23.2. The van der Waals surface area contributed by atoms with Crippen LogP contribution in [0.3, 0.4) is 0 Å². The molecule has 46 heavy (non-hydrogen) atoms. The van der Waals surface area contributed by atoms with E-state index in [4.69, 9.17) is 45.0 Å². The number of aliphatic hydroxyl groups is 1. The zero-order chi connectivity index (χ0) is 32.5. The number of aliphatic hydroxyl groups excluding tert-OH is 1. The van der Waals surface area contributed by atoms with Gasteiger partial charge >= 0.3 is 15.4 Å². The Morgan fingerprint density at radius 3 is 2.28 bits per heavy atom. The van der Waals surface area contributed by atoms with Crippen molar-refractivity contribution in [3.8, 4) is 0 Å². The molecule has 3 aliphatic rings. The van der Waals surface area contributed by atoms with Crippen LogP contribution in [0.4, 0.5) is 22.0 Å². The van der Waals surface area contributed by atoms with Gasteiger partial charge in [0.15, 0.2) is 41.6 Å². The Morgan fingerprint density at radius 1 is 0.848 bits per heavy atom. The number of hydrogen-bond donors (Lipinski definition) is 6. The van der Waals surface area contributed by atoms with Crippen molar-refractivity contribution in [1.82, 2.24) is 39.0 Å². The number of phosphoric acid groups is 1. The number of ether oxygens (including phenoxy) is 3. The van der Waals surface area contributed by atoms with Gasteiger partial charge in [-0.1, -0.05) is 0 Å². The number of rotatable bonds is 2. The molecule has 0 spiro atoms. The van der Waals surface area contributed by atoms with Gasteiger partial charge in [-0.3, -0.25) is 22.7 Å². The highest BCUT2D eigenvalue weighted by Crippen LogP contribution is 2.52. The van der Waals surface area contributed by atoms with Crippen molar-refractivity contribution in [2.45, 2.75) is 49.1 Å². The minimum absolute atomic E-state index is 0.00583. The highest BCUT2D eigenvalue weighted by atomic mass is 31.2. The standard InChI is InChI=1S/C21H26FN11O11P2/c22-9-13-8(43-19(9)33-5-29-11-16(24)30-21(25)31-18(11)33)2-41-46(37,38)44-14-12(34)7(1-40-45(35,36)6-39-13)42-20(14)32-4-28-10-15(23)26-3-27-17(10)32/h3-5,7-9,12-14,19-20,34H,1-2,6H2,(H,35,36)(H,37,38)(H2,23,26,27)(H4,24,25,30,31)/t7-,8-,9-,12-,13-,14-,19-,20-/m1/s1. The first-order valence-electron chi connectivity index (χ1n) is 13.4. The van der Waals surface area contributed by atoms with Crippen LogP contribution >= 0.6 is 15.4 Å². The van der Waals surface area contributed by atoms with Gasteiger partial charge in [-0.05, 0) is 0 Å². The second kappa shape index (κ2) is 11.3. The maximum atomic E-state index is 16.0. The van der Waals surface area contributed by atoms with E-state index in [0.717, 1.165) is 17.2 Å². The molecule has 9 N–H and O–H groups in total. The van der Waals surface area contributed by atoms with Gasteiger partial charge in [0.05, 0.1) is 25.9 Å². The Kier molecular flexibility index (Phi) is 7.68. The summed E-state index contributed by atoms with van der Waals surface area (Å²) in [4.78, 5) is 45.2.